The Bertz CT molecular complexity index is 2430. The minimum absolute atomic E-state index is 0.00375. The molecule has 2 amide bonds. The normalized spacial score (nSPS) is 23.2. The van der Waals surface area contributed by atoms with Crippen molar-refractivity contribution in [3.05, 3.63) is 0 Å². The molecule has 2 saturated heterocycles. The molecule has 0 bridgehead atoms. The summed E-state index contributed by atoms with van der Waals surface area (Å²) < 4.78 is 93.1. The van der Waals surface area contributed by atoms with Gasteiger partial charge in [0, 0.05) is 0 Å². The minimum Gasteiger partial charge on any atom is -0.457 e. The molecule has 0 radical (unpaired) electrons. The third kappa shape index (κ3) is 48.5. The molecule has 2 rings (SSSR count). The van der Waals surface area contributed by atoms with E-state index in [9.17, 15) is 78.0 Å². The van der Waals surface area contributed by atoms with Gasteiger partial charge in [0.2, 0.25) is 11.8 Å². The largest absolute Gasteiger partial charge is 0.481 e. The first kappa shape index (κ1) is 99.0. The van der Waals surface area contributed by atoms with Crippen LogP contribution in [-0.2, 0) is 74.7 Å². The van der Waals surface area contributed by atoms with E-state index in [2.05, 4.69) is 38.3 Å². The van der Waals surface area contributed by atoms with Gasteiger partial charge in [-0.1, -0.05) is 266 Å². The Balaban J connectivity index is 2.80. The van der Waals surface area contributed by atoms with E-state index in [0.717, 1.165) is 180 Å². The highest BCUT2D eigenvalue weighted by molar-refractivity contribution is 7.64. The van der Waals surface area contributed by atoms with Gasteiger partial charge < -0.3 is 84.2 Å². The third-order valence-corrected chi connectivity index (χ3v) is 22.9. The summed E-state index contributed by atoms with van der Waals surface area (Å²) in [4.78, 5) is 100. The van der Waals surface area contributed by atoms with Crippen LogP contribution >= 0.6 is 23.2 Å². The first-order valence-corrected chi connectivity index (χ1v) is 45.4. The Kier molecular flexibility index (Phi) is 53.8. The van der Waals surface area contributed by atoms with Gasteiger partial charge in [0.1, 0.15) is 36.5 Å². The van der Waals surface area contributed by atoms with Crippen LogP contribution in [0.15, 0.2) is 0 Å². The number of unbranched alkanes of at least 4 members (excludes halogenated alkanes) is 32. The van der Waals surface area contributed by atoms with Crippen molar-refractivity contribution in [2.75, 3.05) is 19.4 Å². The highest BCUT2D eigenvalue weighted by Gasteiger charge is 2.55. The van der Waals surface area contributed by atoms with Gasteiger partial charge in [0.25, 0.3) is 0 Å². The molecule has 30 heteroatoms. The smallest absolute Gasteiger partial charge is 0.457 e. The number of phosphoric acid groups is 2. The maximum Gasteiger partial charge on any atom is 0.481 e. The minimum atomic E-state index is -5.81. The van der Waals surface area contributed by atoms with E-state index in [0.29, 0.717) is 25.7 Å². The number of rotatable bonds is 65. The number of amides is 2. The molecule has 2 aliphatic rings. The zero-order valence-electron chi connectivity index (χ0n) is 65.4. The molecule has 2 fully saturated rings. The quantitative estimate of drug-likeness (QED) is 0.0153. The van der Waals surface area contributed by atoms with Crippen molar-refractivity contribution in [2.45, 2.75) is 436 Å². The number of esters is 2. The third-order valence-electron chi connectivity index (χ3n) is 19.1. The predicted octanol–water partition coefficient (Wildman–Crippen LogP) is 14.3. The number of aliphatic hydroxyl groups excluding tert-OH is 5. The van der Waals surface area contributed by atoms with Crippen LogP contribution in [0.3, 0.4) is 0 Å². The van der Waals surface area contributed by atoms with E-state index in [1.165, 1.54) is 32.6 Å². The predicted molar refractivity (Wildman–Crippen MR) is 402 cm³/mol. The lowest BCUT2D eigenvalue weighted by atomic mass is 9.95. The second kappa shape index (κ2) is 57.0. The average molecular weight is 1570 g/mol. The topological polar surface area (TPSA) is 409 Å². The van der Waals surface area contributed by atoms with Crippen molar-refractivity contribution in [3.63, 3.8) is 0 Å². The number of nitrogens with one attached hydrogen (secondary N) is 2. The van der Waals surface area contributed by atoms with Crippen molar-refractivity contribution in [2.24, 2.45) is 0 Å². The number of aliphatic hydroxyl groups is 5. The second-order valence-corrected chi connectivity index (χ2v) is 35.1. The Morgan fingerprint density at radius 3 is 1.10 bits per heavy atom. The summed E-state index contributed by atoms with van der Waals surface area (Å²) in [5.41, 5.74) is -0.981. The molecule has 6 unspecified atom stereocenters. The fraction of sp³-hybridized carbons (Fsp3) is 0.947. The Hall–Kier alpha value is -2.07. The number of hydrogen-bond acceptors (Lipinski definition) is 21. The van der Waals surface area contributed by atoms with Crippen LogP contribution in [0.5, 0.6) is 0 Å². The van der Waals surface area contributed by atoms with Gasteiger partial charge in [-0.15, -0.1) is 0 Å². The summed E-state index contributed by atoms with van der Waals surface area (Å²) in [5, 5.41) is 62.7. The van der Waals surface area contributed by atoms with Crippen LogP contribution in [-0.4, -0.2) is 180 Å². The molecule has 0 aromatic rings. The highest BCUT2D eigenvalue weighted by atomic mass is 31.3. The van der Waals surface area contributed by atoms with Gasteiger partial charge in [-0.05, 0) is 52.9 Å². The van der Waals surface area contributed by atoms with Crippen molar-refractivity contribution in [1.29, 1.82) is 0 Å². The number of phosphoric ester groups is 2. The second-order valence-electron chi connectivity index (χ2n) is 30.4. The van der Waals surface area contributed by atoms with E-state index in [1.54, 1.807) is 20.8 Å². The summed E-state index contributed by atoms with van der Waals surface area (Å²) in [5.74, 6) is -4.05. The van der Waals surface area contributed by atoms with Crippen molar-refractivity contribution >= 4 is 47.0 Å². The van der Waals surface area contributed by atoms with E-state index >= 15 is 0 Å². The fourth-order valence-electron chi connectivity index (χ4n) is 13.2. The first-order chi connectivity index (χ1) is 49.9. The number of carbonyl (C=O) groups is 4. The lowest BCUT2D eigenvalue weighted by Gasteiger charge is -2.47. The number of ether oxygens (including phenoxy) is 6. The highest BCUT2D eigenvalue weighted by Crippen LogP contribution is 2.61. The molecule has 16 atom stereocenters. The average Bonchev–Trinajstić information content (AvgIpc) is 0.780. The van der Waals surface area contributed by atoms with Gasteiger partial charge >= 0.3 is 35.2 Å². The number of carbonyl (C=O) groups excluding carboxylic acids is 4. The van der Waals surface area contributed by atoms with E-state index in [4.69, 9.17) is 41.8 Å². The Morgan fingerprint density at radius 1 is 0.419 bits per heavy atom. The molecule has 27 nitrogen and oxygen atoms in total. The van der Waals surface area contributed by atoms with Gasteiger partial charge in [0.05, 0.1) is 75.1 Å². The molecule has 0 aliphatic carbocycles. The van der Waals surface area contributed by atoms with E-state index in [1.807, 2.05) is 0 Å². The maximum absolute atomic E-state index is 14.4. The molecular formula is C75H145N2O25P3. The Morgan fingerprint density at radius 2 is 0.752 bits per heavy atom. The monoisotopic (exact) mass is 1570 g/mol. The van der Waals surface area contributed by atoms with Gasteiger partial charge in [0.15, 0.2) is 24.8 Å². The van der Waals surface area contributed by atoms with Crippen LogP contribution in [0.2, 0.25) is 0 Å². The van der Waals surface area contributed by atoms with Crippen LogP contribution in [0.4, 0.5) is 0 Å². The zero-order valence-corrected chi connectivity index (χ0v) is 68.1. The summed E-state index contributed by atoms with van der Waals surface area (Å²) in [6.45, 7) is 13.5. The molecule has 105 heavy (non-hydrogen) atoms. The van der Waals surface area contributed by atoms with Gasteiger partial charge in [-0.3, -0.25) is 32.8 Å². The summed E-state index contributed by atoms with van der Waals surface area (Å²) in [6, 6.07) is -3.86. The van der Waals surface area contributed by atoms with Crippen molar-refractivity contribution < 1.29 is 120 Å². The van der Waals surface area contributed by atoms with Crippen molar-refractivity contribution in [1.82, 2.24) is 10.6 Å². The lowest BCUT2D eigenvalue weighted by Crippen LogP contribution is -2.68. The van der Waals surface area contributed by atoms with Gasteiger partial charge in [-0.25, -0.2) is 13.4 Å². The van der Waals surface area contributed by atoms with Crippen LogP contribution in [0, 0.1) is 0 Å². The SMILES string of the molecule is CCCCCCCCCCC[C@@H](O)CC(=O)NC1[C@@H](OP(=O)(O)OP(=O)(O)CCC)OC(CO[C@@H]2OC(COC(C)(C)C)[C@@H](OP(=O)(O)O)[C@H](OC(=O)C[C@H](O)CCCCCCCCCCC)C2NC(=O)C[C@H](O)CCCCCCCCCCC)[C@@H](O)[C@@H]1OC(=O)C[C@H](O)CCCCCCCCCCC. The molecule has 620 valence electrons. The number of hydrogen-bond donors (Lipinski definition) is 11. The molecule has 2 heterocycles. The van der Waals surface area contributed by atoms with Crippen LogP contribution < -0.4 is 10.6 Å². The summed E-state index contributed by atoms with van der Waals surface area (Å²) >= 11 is 0. The maximum atomic E-state index is 14.4. The van der Waals surface area contributed by atoms with Gasteiger partial charge in [-0.2, -0.15) is 0 Å². The Labute approximate surface area is 629 Å². The lowest BCUT2D eigenvalue weighted by molar-refractivity contribution is -0.299. The fourth-order valence-corrected chi connectivity index (χ4v) is 16.6. The first-order valence-electron chi connectivity index (χ1n) is 40.6. The summed E-state index contributed by atoms with van der Waals surface area (Å²) in [6.07, 6.45) is 12.4. The standard InChI is InChI=1S/C75H145N2O25P3/c1-9-14-18-22-26-30-34-38-42-46-57(78)51-63(82)76-67-71(98-65(84)53-59(80)48-44-40-36-32-28-24-20-16-11-3)69(86)61(96-74(67)101-105(92,93)102-103(87,88)50-13-5)55-94-73-68(77-64(83)52-58(79)47-43-39-35-31-27-23-19-15-10-2)72(70(100-104(89,90)91)62(97-73)56-95-75(6,7)8)99-66(85)54-60(81)49-45-41-37-33-29-25-21-17-12-4/h57-62,67-74,78-81,86H,9-56H2,1-8H3,(H,76,82)(H,77,83)(H,87,88)(H,92,93)(H2,89,90,91)/t57-,58-,59-,60-,61?,62?,67?,68?,69-,70-,71-,72-,73-,74-/m1/s1. The molecule has 0 saturated carbocycles. The molecule has 0 spiro atoms. The molecule has 11 N–H and O–H groups in total. The molecule has 2 aliphatic heterocycles. The zero-order chi connectivity index (χ0) is 78.1. The van der Waals surface area contributed by atoms with E-state index < -0.39 is 183 Å². The molecular weight excluding hydrogens is 1420 g/mol. The van der Waals surface area contributed by atoms with Crippen LogP contribution in [0.1, 0.15) is 344 Å². The van der Waals surface area contributed by atoms with Crippen molar-refractivity contribution in [3.8, 4) is 0 Å². The van der Waals surface area contributed by atoms with Crippen LogP contribution in [0.25, 0.3) is 0 Å². The molecule has 0 aromatic carbocycles. The summed E-state index contributed by atoms with van der Waals surface area (Å²) in [7, 11) is -16.3. The van der Waals surface area contributed by atoms with E-state index in [-0.39, 0.29) is 32.1 Å². The molecule has 0 aromatic heterocycles.